The first-order chi connectivity index (χ1) is 17.3. The SMILES string of the molecule is COc1ccc(NC(=O)COc2ccc(C(=O)OCC(=O)Nc3cc(Cl)ccc3C)cc2OC)cc1. The highest BCUT2D eigenvalue weighted by atomic mass is 35.5. The van der Waals surface area contributed by atoms with E-state index in [9.17, 15) is 14.4 Å². The van der Waals surface area contributed by atoms with Crippen molar-refractivity contribution in [3.63, 3.8) is 0 Å². The average Bonchev–Trinajstić information content (AvgIpc) is 2.88. The number of amides is 2. The molecule has 0 aliphatic carbocycles. The number of anilines is 2. The normalized spacial score (nSPS) is 10.2. The van der Waals surface area contributed by atoms with Crippen LogP contribution < -0.4 is 24.8 Å². The molecule has 0 saturated carbocycles. The van der Waals surface area contributed by atoms with Gasteiger partial charge in [-0.1, -0.05) is 17.7 Å². The van der Waals surface area contributed by atoms with Crippen molar-refractivity contribution in [3.8, 4) is 17.2 Å². The Morgan fingerprint density at radius 3 is 2.22 bits per heavy atom. The summed E-state index contributed by atoms with van der Waals surface area (Å²) in [5.41, 5.74) is 2.08. The van der Waals surface area contributed by atoms with Crippen molar-refractivity contribution >= 4 is 40.8 Å². The van der Waals surface area contributed by atoms with Gasteiger partial charge >= 0.3 is 5.97 Å². The van der Waals surface area contributed by atoms with Crippen molar-refractivity contribution < 1.29 is 33.3 Å². The number of hydrogen-bond acceptors (Lipinski definition) is 7. The molecule has 0 aromatic heterocycles. The van der Waals surface area contributed by atoms with Crippen molar-refractivity contribution in [1.29, 1.82) is 0 Å². The standard InChI is InChI=1S/C26H25ClN2O7/c1-16-4-6-18(27)13-21(16)29-25(31)15-36-26(32)17-5-11-22(23(12-17)34-3)35-14-24(30)28-19-7-9-20(33-2)10-8-19/h4-13H,14-15H2,1-3H3,(H,28,30)(H,29,31). The Morgan fingerprint density at radius 1 is 0.806 bits per heavy atom. The largest absolute Gasteiger partial charge is 0.497 e. The molecule has 3 aromatic rings. The van der Waals surface area contributed by atoms with Crippen LogP contribution in [0.2, 0.25) is 5.02 Å². The Bertz CT molecular complexity index is 1250. The zero-order valence-corrected chi connectivity index (χ0v) is 20.7. The maximum absolute atomic E-state index is 12.4. The second-order valence-corrected chi connectivity index (χ2v) is 7.95. The van der Waals surface area contributed by atoms with Crippen molar-refractivity contribution in [2.45, 2.75) is 6.92 Å². The summed E-state index contributed by atoms with van der Waals surface area (Å²) >= 11 is 5.95. The third-order valence-electron chi connectivity index (χ3n) is 4.94. The quantitative estimate of drug-likeness (QED) is 0.385. The molecule has 0 aliphatic rings. The summed E-state index contributed by atoms with van der Waals surface area (Å²) in [4.78, 5) is 36.8. The monoisotopic (exact) mass is 512 g/mol. The van der Waals surface area contributed by atoms with E-state index in [2.05, 4.69) is 10.6 Å². The molecule has 0 fully saturated rings. The second-order valence-electron chi connectivity index (χ2n) is 7.51. The molecule has 0 atom stereocenters. The Balaban J connectivity index is 1.53. The maximum atomic E-state index is 12.4. The zero-order valence-electron chi connectivity index (χ0n) is 19.9. The van der Waals surface area contributed by atoms with E-state index < -0.39 is 18.5 Å². The summed E-state index contributed by atoms with van der Waals surface area (Å²) < 4.78 is 21.0. The molecule has 2 amide bonds. The fourth-order valence-electron chi connectivity index (χ4n) is 3.06. The molecule has 0 aliphatic heterocycles. The molecule has 0 heterocycles. The highest BCUT2D eigenvalue weighted by Crippen LogP contribution is 2.28. The number of esters is 1. The molecule has 0 spiro atoms. The summed E-state index contributed by atoms with van der Waals surface area (Å²) in [6, 6.07) is 16.3. The molecule has 188 valence electrons. The number of hydrogen-bond donors (Lipinski definition) is 2. The molecule has 0 unspecified atom stereocenters. The number of benzene rings is 3. The lowest BCUT2D eigenvalue weighted by molar-refractivity contribution is -0.119. The number of methoxy groups -OCH3 is 2. The van der Waals surface area contributed by atoms with Crippen LogP contribution >= 0.6 is 11.6 Å². The number of carbonyl (C=O) groups excluding carboxylic acids is 3. The van der Waals surface area contributed by atoms with Gasteiger partial charge in [-0.2, -0.15) is 0 Å². The van der Waals surface area contributed by atoms with Gasteiger partial charge in [0, 0.05) is 16.4 Å². The molecule has 36 heavy (non-hydrogen) atoms. The van der Waals surface area contributed by atoms with Crippen molar-refractivity contribution in [2.24, 2.45) is 0 Å². The van der Waals surface area contributed by atoms with Gasteiger partial charge in [-0.15, -0.1) is 0 Å². The summed E-state index contributed by atoms with van der Waals surface area (Å²) in [5.74, 6) is -0.469. The van der Waals surface area contributed by atoms with E-state index in [4.69, 9.17) is 30.5 Å². The Hall–Kier alpha value is -4.24. The minimum Gasteiger partial charge on any atom is -0.497 e. The van der Waals surface area contributed by atoms with Gasteiger partial charge in [0.25, 0.3) is 11.8 Å². The number of aryl methyl sites for hydroxylation is 1. The molecule has 3 rings (SSSR count). The van der Waals surface area contributed by atoms with E-state index in [0.717, 1.165) is 5.56 Å². The van der Waals surface area contributed by atoms with E-state index in [0.29, 0.717) is 22.1 Å². The molecule has 2 N–H and O–H groups in total. The van der Waals surface area contributed by atoms with Gasteiger partial charge in [-0.25, -0.2) is 4.79 Å². The van der Waals surface area contributed by atoms with Crippen LogP contribution in [0.15, 0.2) is 60.7 Å². The van der Waals surface area contributed by atoms with Gasteiger partial charge in [0.05, 0.1) is 19.8 Å². The van der Waals surface area contributed by atoms with Gasteiger partial charge in [0.1, 0.15) is 5.75 Å². The molecule has 0 radical (unpaired) electrons. The van der Waals surface area contributed by atoms with E-state index >= 15 is 0 Å². The van der Waals surface area contributed by atoms with E-state index in [-0.39, 0.29) is 29.6 Å². The predicted octanol–water partition coefficient (Wildman–Crippen LogP) is 4.48. The van der Waals surface area contributed by atoms with Crippen LogP contribution in [-0.2, 0) is 14.3 Å². The summed E-state index contributed by atoms with van der Waals surface area (Å²) in [6.45, 7) is 1.04. The van der Waals surface area contributed by atoms with E-state index in [1.54, 1.807) is 49.6 Å². The minimum atomic E-state index is -0.727. The van der Waals surface area contributed by atoms with Crippen LogP contribution in [0.4, 0.5) is 11.4 Å². The van der Waals surface area contributed by atoms with Crippen molar-refractivity contribution in [2.75, 3.05) is 38.1 Å². The van der Waals surface area contributed by atoms with Gasteiger partial charge in [-0.05, 0) is 67.1 Å². The number of ether oxygens (including phenoxy) is 4. The summed E-state index contributed by atoms with van der Waals surface area (Å²) in [5, 5.41) is 5.83. The summed E-state index contributed by atoms with van der Waals surface area (Å²) in [7, 11) is 2.95. The van der Waals surface area contributed by atoms with Crippen molar-refractivity contribution in [1.82, 2.24) is 0 Å². The van der Waals surface area contributed by atoms with Crippen LogP contribution in [0.3, 0.4) is 0 Å². The Kier molecular flexibility index (Phi) is 9.13. The van der Waals surface area contributed by atoms with E-state index in [1.165, 1.54) is 25.3 Å². The summed E-state index contributed by atoms with van der Waals surface area (Å²) in [6.07, 6.45) is 0. The third kappa shape index (κ3) is 7.38. The Morgan fingerprint density at radius 2 is 1.53 bits per heavy atom. The van der Waals surface area contributed by atoms with Crippen molar-refractivity contribution in [3.05, 3.63) is 76.8 Å². The molecule has 10 heteroatoms. The lowest BCUT2D eigenvalue weighted by atomic mass is 10.2. The third-order valence-corrected chi connectivity index (χ3v) is 5.18. The fourth-order valence-corrected chi connectivity index (χ4v) is 3.23. The minimum absolute atomic E-state index is 0.147. The molecular formula is C26H25ClN2O7. The smallest absolute Gasteiger partial charge is 0.338 e. The molecule has 0 saturated heterocycles. The first-order valence-electron chi connectivity index (χ1n) is 10.8. The average molecular weight is 513 g/mol. The van der Waals surface area contributed by atoms with Gasteiger partial charge < -0.3 is 29.6 Å². The van der Waals surface area contributed by atoms with Crippen LogP contribution in [0.5, 0.6) is 17.2 Å². The van der Waals surface area contributed by atoms with Gasteiger partial charge in [0.2, 0.25) is 0 Å². The molecule has 9 nitrogen and oxygen atoms in total. The second kappa shape index (κ2) is 12.5. The molecule has 0 bridgehead atoms. The molecular weight excluding hydrogens is 488 g/mol. The van der Waals surface area contributed by atoms with Gasteiger partial charge in [0.15, 0.2) is 24.7 Å². The lowest BCUT2D eigenvalue weighted by Gasteiger charge is -2.13. The zero-order chi connectivity index (χ0) is 26.1. The topological polar surface area (TPSA) is 112 Å². The predicted molar refractivity (Wildman–Crippen MR) is 135 cm³/mol. The van der Waals surface area contributed by atoms with E-state index in [1.807, 2.05) is 6.92 Å². The van der Waals surface area contributed by atoms with Crippen LogP contribution in [-0.4, -0.2) is 45.2 Å². The first kappa shape index (κ1) is 26.4. The maximum Gasteiger partial charge on any atom is 0.338 e. The first-order valence-corrected chi connectivity index (χ1v) is 11.1. The number of rotatable bonds is 10. The van der Waals surface area contributed by atoms with Crippen LogP contribution in [0.1, 0.15) is 15.9 Å². The number of carbonyl (C=O) groups is 3. The number of nitrogens with one attached hydrogen (secondary N) is 2. The fraction of sp³-hybridized carbons (Fsp3) is 0.192. The number of halogens is 1. The lowest BCUT2D eigenvalue weighted by Crippen LogP contribution is -2.21. The van der Waals surface area contributed by atoms with Crippen LogP contribution in [0.25, 0.3) is 0 Å². The molecule has 3 aromatic carbocycles. The van der Waals surface area contributed by atoms with Crippen LogP contribution in [0, 0.1) is 6.92 Å². The highest BCUT2D eigenvalue weighted by Gasteiger charge is 2.15. The highest BCUT2D eigenvalue weighted by molar-refractivity contribution is 6.31. The van der Waals surface area contributed by atoms with Gasteiger partial charge in [-0.3, -0.25) is 9.59 Å². The Labute approximate surface area is 213 Å².